The maximum Gasteiger partial charge on any atom is 0.420 e. The van der Waals surface area contributed by atoms with Crippen LogP contribution < -0.4 is 5.32 Å². The van der Waals surface area contributed by atoms with Gasteiger partial charge in [0.2, 0.25) is 0 Å². The first-order valence-electron chi connectivity index (χ1n) is 16.9. The Balaban J connectivity index is 1.03. The van der Waals surface area contributed by atoms with Crippen molar-refractivity contribution in [2.45, 2.75) is 63.0 Å². The lowest BCUT2D eigenvalue weighted by molar-refractivity contribution is -0.143. The summed E-state index contributed by atoms with van der Waals surface area (Å²) in [6.45, 7) is 6.49. The third kappa shape index (κ3) is 7.17. The molecule has 6 aliphatic heterocycles. The molecule has 1 unspecified atom stereocenters. The van der Waals surface area contributed by atoms with E-state index in [9.17, 15) is 32.7 Å². The quantitative estimate of drug-likeness (QED) is 0.436. The summed E-state index contributed by atoms with van der Waals surface area (Å²) in [4.78, 5) is 51.1. The molecule has 2 N–H and O–H groups in total. The second-order valence-electron chi connectivity index (χ2n) is 13.6. The number of hydrogen-bond donors (Lipinski definition) is 2. The van der Waals surface area contributed by atoms with E-state index in [0.717, 1.165) is 36.3 Å². The normalized spacial score (nSPS) is 25.6. The second-order valence-corrected chi connectivity index (χ2v) is 15.1. The topological polar surface area (TPSA) is 109 Å². The van der Waals surface area contributed by atoms with E-state index in [1.807, 2.05) is 11.4 Å². The van der Waals surface area contributed by atoms with E-state index in [1.165, 1.54) is 23.8 Å². The van der Waals surface area contributed by atoms with Crippen LogP contribution in [0.15, 0.2) is 23.6 Å². The number of fused-ring (bicyclic) bond motifs is 4. The lowest BCUT2D eigenvalue weighted by Gasteiger charge is -2.51. The Bertz CT molecular complexity index is 1570. The minimum Gasteiger partial charge on any atom is -0.506 e. The largest absolute Gasteiger partial charge is 0.506 e. The summed E-state index contributed by atoms with van der Waals surface area (Å²) in [7, 11) is 0. The molecule has 2 bridgehead atoms. The van der Waals surface area contributed by atoms with Gasteiger partial charge in [-0.2, -0.15) is 13.2 Å². The van der Waals surface area contributed by atoms with Crippen LogP contribution in [0.3, 0.4) is 0 Å². The molecule has 7 heterocycles. The maximum absolute atomic E-state index is 14.0. The van der Waals surface area contributed by atoms with Gasteiger partial charge in [0.05, 0.1) is 22.8 Å². The molecule has 266 valence electrons. The number of phenolic OH excluding ortho intramolecular Hbond substituents is 1. The number of phenols is 1. The molecule has 2 atom stereocenters. The number of carbonyl (C=O) groups excluding carboxylic acids is 3. The van der Waals surface area contributed by atoms with Crippen molar-refractivity contribution >= 4 is 46.7 Å². The van der Waals surface area contributed by atoms with Crippen molar-refractivity contribution in [3.05, 3.63) is 44.6 Å². The SMILES string of the molecule is O=C(O[C@H](Cc1cc(Cl)c(O)c(C(F)(F)F)c1)C(=O)N1CCN(C2CN3CCC2CC3)CC1)N1CCC(N2Cc3sccc3NC2=O)CC1. The number of nitrogens with one attached hydrogen (secondary N) is 1. The molecule has 5 saturated heterocycles. The lowest BCUT2D eigenvalue weighted by atomic mass is 9.83. The predicted octanol–water partition coefficient (Wildman–Crippen LogP) is 4.92. The van der Waals surface area contributed by atoms with E-state index in [4.69, 9.17) is 16.3 Å². The number of benzene rings is 1. The first-order valence-corrected chi connectivity index (χ1v) is 18.1. The average Bonchev–Trinajstić information content (AvgIpc) is 3.56. The molecule has 0 aliphatic carbocycles. The molecule has 1 aromatic carbocycles. The summed E-state index contributed by atoms with van der Waals surface area (Å²) >= 11 is 7.56. The molecule has 0 radical (unpaired) electrons. The fourth-order valence-corrected chi connectivity index (χ4v) is 9.12. The third-order valence-corrected chi connectivity index (χ3v) is 12.0. The van der Waals surface area contributed by atoms with Crippen molar-refractivity contribution in [3.8, 4) is 5.75 Å². The number of thiophene rings is 1. The van der Waals surface area contributed by atoms with Gasteiger partial charge in [0.25, 0.3) is 5.91 Å². The Labute approximate surface area is 291 Å². The molecule has 0 saturated carbocycles. The second kappa shape index (κ2) is 13.8. The van der Waals surface area contributed by atoms with Gasteiger partial charge in [0, 0.05) is 69.2 Å². The summed E-state index contributed by atoms with van der Waals surface area (Å²) in [5.41, 5.74) is -0.493. The molecule has 0 spiro atoms. The van der Waals surface area contributed by atoms with Gasteiger partial charge in [0.1, 0.15) is 5.75 Å². The summed E-state index contributed by atoms with van der Waals surface area (Å²) in [5.74, 6) is -0.932. The van der Waals surface area contributed by atoms with E-state index in [-0.39, 0.29) is 37.1 Å². The van der Waals surface area contributed by atoms with Gasteiger partial charge in [-0.15, -0.1) is 11.3 Å². The number of amides is 4. The first kappa shape index (κ1) is 34.2. The number of piperidine rings is 4. The van der Waals surface area contributed by atoms with E-state index >= 15 is 0 Å². The zero-order valence-corrected chi connectivity index (χ0v) is 28.5. The van der Waals surface area contributed by atoms with Crippen LogP contribution in [-0.2, 0) is 28.7 Å². The van der Waals surface area contributed by atoms with Crippen LogP contribution in [0.1, 0.15) is 41.7 Å². The highest BCUT2D eigenvalue weighted by Gasteiger charge is 2.41. The highest BCUT2D eigenvalue weighted by Crippen LogP contribution is 2.41. The third-order valence-electron chi connectivity index (χ3n) is 10.8. The molecule has 16 heteroatoms. The number of piperazine rings is 1. The average molecular weight is 725 g/mol. The number of rotatable bonds is 6. The minimum absolute atomic E-state index is 0.00922. The zero-order valence-electron chi connectivity index (χ0n) is 27.0. The molecule has 2 aromatic rings. The molecular formula is C33H40ClF3N6O5S. The Hall–Kier alpha value is -3.27. The number of anilines is 1. The zero-order chi connectivity index (χ0) is 34.4. The fraction of sp³-hybridized carbons (Fsp3) is 0.606. The standard InChI is InChI=1S/C33H40ClF3N6O5S/c34-24-16-20(15-23(29(24)44)33(35,36)37)17-27(30(45)41-12-10-40(11-13-41)26-18-39-6-1-21(26)2-7-39)48-32(47)42-8-3-22(4-9-42)43-19-28-25(5-14-49-28)38-31(43)46/h5,14-16,21-22,26-27,44H,1-4,6-13,17-19H2,(H,38,46)/t26?,27-/m1/s1. The number of likely N-dealkylation sites (tertiary alicyclic amines) is 1. The van der Waals surface area contributed by atoms with Crippen molar-refractivity contribution in [2.24, 2.45) is 5.92 Å². The van der Waals surface area contributed by atoms with E-state index in [0.29, 0.717) is 57.5 Å². The molecule has 8 rings (SSSR count). The number of ether oxygens (including phenoxy) is 1. The van der Waals surface area contributed by atoms with Gasteiger partial charge in [-0.25, -0.2) is 9.59 Å². The van der Waals surface area contributed by atoms with Crippen molar-refractivity contribution in [2.75, 3.05) is 64.2 Å². The fourth-order valence-electron chi connectivity index (χ4n) is 8.05. The highest BCUT2D eigenvalue weighted by atomic mass is 35.5. The highest BCUT2D eigenvalue weighted by molar-refractivity contribution is 7.10. The molecule has 49 heavy (non-hydrogen) atoms. The van der Waals surface area contributed by atoms with Crippen LogP contribution in [0.25, 0.3) is 0 Å². The van der Waals surface area contributed by atoms with Gasteiger partial charge in [-0.05, 0) is 73.8 Å². The first-order chi connectivity index (χ1) is 23.4. The smallest absolute Gasteiger partial charge is 0.420 e. The Morgan fingerprint density at radius 1 is 1.02 bits per heavy atom. The van der Waals surface area contributed by atoms with Crippen molar-refractivity contribution in [3.63, 3.8) is 0 Å². The van der Waals surface area contributed by atoms with Gasteiger partial charge in [-0.1, -0.05) is 11.6 Å². The monoisotopic (exact) mass is 724 g/mol. The van der Waals surface area contributed by atoms with Crippen LogP contribution >= 0.6 is 22.9 Å². The van der Waals surface area contributed by atoms with Gasteiger partial charge in [0.15, 0.2) is 6.10 Å². The molecule has 6 aliphatic rings. The van der Waals surface area contributed by atoms with Crippen molar-refractivity contribution in [1.82, 2.24) is 24.5 Å². The van der Waals surface area contributed by atoms with E-state index in [1.54, 1.807) is 21.1 Å². The van der Waals surface area contributed by atoms with Crippen molar-refractivity contribution in [1.29, 1.82) is 0 Å². The number of hydrogen-bond acceptors (Lipinski definition) is 8. The van der Waals surface area contributed by atoms with Crippen LogP contribution in [-0.4, -0.2) is 125 Å². The number of aromatic hydroxyl groups is 1. The molecule has 11 nitrogen and oxygen atoms in total. The summed E-state index contributed by atoms with van der Waals surface area (Å²) in [6.07, 6.45) is -4.01. The summed E-state index contributed by atoms with van der Waals surface area (Å²) in [6, 6.07) is 3.95. The summed E-state index contributed by atoms with van der Waals surface area (Å²) < 4.78 is 47.0. The predicted molar refractivity (Wildman–Crippen MR) is 177 cm³/mol. The van der Waals surface area contributed by atoms with Crippen LogP contribution in [0.4, 0.5) is 28.4 Å². The maximum atomic E-state index is 14.0. The number of nitrogens with zero attached hydrogens (tertiary/aromatic N) is 5. The van der Waals surface area contributed by atoms with Gasteiger partial charge >= 0.3 is 18.3 Å². The Morgan fingerprint density at radius 3 is 2.39 bits per heavy atom. The van der Waals surface area contributed by atoms with E-state index < -0.39 is 40.6 Å². The minimum atomic E-state index is -4.88. The lowest BCUT2D eigenvalue weighted by Crippen LogP contribution is -2.62. The van der Waals surface area contributed by atoms with Crippen LogP contribution in [0, 0.1) is 5.92 Å². The number of alkyl halides is 3. The molecule has 4 amide bonds. The van der Waals surface area contributed by atoms with Crippen LogP contribution in [0.2, 0.25) is 5.02 Å². The van der Waals surface area contributed by atoms with Gasteiger partial charge < -0.3 is 34.8 Å². The van der Waals surface area contributed by atoms with Gasteiger partial charge in [-0.3, -0.25) is 9.69 Å². The van der Waals surface area contributed by atoms with Crippen molar-refractivity contribution < 1.29 is 37.4 Å². The molecule has 1 aromatic heterocycles. The number of halogens is 4. The molecule has 5 fully saturated rings. The molecular weight excluding hydrogens is 685 g/mol. The Kier molecular flexibility index (Phi) is 9.63. The van der Waals surface area contributed by atoms with Crippen LogP contribution in [0.5, 0.6) is 5.75 Å². The summed E-state index contributed by atoms with van der Waals surface area (Å²) in [5, 5.41) is 14.3. The number of urea groups is 1. The Morgan fingerprint density at radius 2 is 1.73 bits per heavy atom. The van der Waals surface area contributed by atoms with E-state index in [2.05, 4.69) is 15.1 Å². The number of carbonyl (C=O) groups is 3.